The second-order valence-corrected chi connectivity index (χ2v) is 16.6. The number of methoxy groups -OCH3 is 2. The SMILES string of the molecule is COC(=O)NC1CCC(C(=O)N2CC[C@H](CNc3ncc(-c4ccc5cc(-c6cnc([C@@H]7CCCN7C(=O)C7CCC(NC(=O)OC)CC7)[nH]6)ccc5c4)cn3)C2)CC1. The fraction of sp³-hybridized carbons (Fsp3) is 0.523. The van der Waals surface area contributed by atoms with E-state index in [1.807, 2.05) is 28.4 Å². The second kappa shape index (κ2) is 18.0. The van der Waals surface area contributed by atoms with Crippen LogP contribution in [0, 0.1) is 17.8 Å². The van der Waals surface area contributed by atoms with E-state index in [9.17, 15) is 19.2 Å². The molecule has 0 radical (unpaired) electrons. The van der Waals surface area contributed by atoms with Crippen molar-refractivity contribution in [2.24, 2.45) is 17.8 Å². The summed E-state index contributed by atoms with van der Waals surface area (Å²) in [5, 5.41) is 11.3. The van der Waals surface area contributed by atoms with Crippen molar-refractivity contribution in [3.8, 4) is 22.4 Å². The van der Waals surface area contributed by atoms with Crippen molar-refractivity contribution in [1.82, 2.24) is 40.4 Å². The summed E-state index contributed by atoms with van der Waals surface area (Å²) in [7, 11) is 2.73. The minimum atomic E-state index is -0.418. The van der Waals surface area contributed by atoms with Gasteiger partial charge in [-0.2, -0.15) is 0 Å². The van der Waals surface area contributed by atoms with Crippen LogP contribution in [-0.4, -0.2) is 106 Å². The van der Waals surface area contributed by atoms with E-state index in [4.69, 9.17) is 14.5 Å². The van der Waals surface area contributed by atoms with E-state index in [2.05, 4.69) is 67.3 Å². The largest absolute Gasteiger partial charge is 0.453 e. The van der Waals surface area contributed by atoms with Gasteiger partial charge in [-0.1, -0.05) is 24.3 Å². The number of aromatic amines is 1. The molecule has 4 fully saturated rings. The molecule has 0 bridgehead atoms. The van der Waals surface area contributed by atoms with Gasteiger partial charge in [0, 0.05) is 73.6 Å². The molecule has 2 atom stereocenters. The lowest BCUT2D eigenvalue weighted by Crippen LogP contribution is -2.42. The molecular weight excluding hydrogens is 751 g/mol. The smallest absolute Gasteiger partial charge is 0.407 e. The second-order valence-electron chi connectivity index (χ2n) is 16.6. The number of amides is 4. The van der Waals surface area contributed by atoms with Crippen molar-refractivity contribution in [3.63, 3.8) is 0 Å². The Morgan fingerprint density at radius 1 is 0.695 bits per heavy atom. The van der Waals surface area contributed by atoms with E-state index in [0.717, 1.165) is 129 Å². The van der Waals surface area contributed by atoms with Crippen LogP contribution in [0.2, 0.25) is 0 Å². The molecule has 2 saturated carbocycles. The molecular formula is C44H55N9O6. The fourth-order valence-electron chi connectivity index (χ4n) is 9.48. The first-order valence-electron chi connectivity index (χ1n) is 21.2. The number of aromatic nitrogens is 4. The summed E-state index contributed by atoms with van der Waals surface area (Å²) >= 11 is 0. The molecule has 59 heavy (non-hydrogen) atoms. The molecule has 4 amide bonds. The first-order valence-corrected chi connectivity index (χ1v) is 21.2. The minimum Gasteiger partial charge on any atom is -0.453 e. The van der Waals surface area contributed by atoms with Crippen LogP contribution in [0.4, 0.5) is 15.5 Å². The summed E-state index contributed by atoms with van der Waals surface area (Å²) in [5.41, 5.74) is 3.90. The summed E-state index contributed by atoms with van der Waals surface area (Å²) in [6.07, 6.45) is 13.7. The number of nitrogens with zero attached hydrogens (tertiary/aromatic N) is 5. The monoisotopic (exact) mass is 805 g/mol. The Labute approximate surface area is 344 Å². The molecule has 15 heteroatoms. The molecule has 312 valence electrons. The van der Waals surface area contributed by atoms with Gasteiger partial charge < -0.3 is 40.2 Å². The van der Waals surface area contributed by atoms with E-state index in [-0.39, 0.29) is 41.8 Å². The number of H-pyrrole nitrogens is 1. The van der Waals surface area contributed by atoms with Crippen LogP contribution in [-0.2, 0) is 19.1 Å². The van der Waals surface area contributed by atoms with E-state index in [0.29, 0.717) is 18.4 Å². The third-order valence-electron chi connectivity index (χ3n) is 12.9. The van der Waals surface area contributed by atoms with Gasteiger partial charge in [0.15, 0.2) is 0 Å². The van der Waals surface area contributed by atoms with Gasteiger partial charge in [-0.15, -0.1) is 0 Å². The van der Waals surface area contributed by atoms with Crippen LogP contribution >= 0.6 is 0 Å². The fourth-order valence-corrected chi connectivity index (χ4v) is 9.48. The van der Waals surface area contributed by atoms with E-state index < -0.39 is 12.2 Å². The molecule has 4 aliphatic rings. The van der Waals surface area contributed by atoms with Gasteiger partial charge in [-0.25, -0.2) is 24.5 Å². The number of anilines is 1. The summed E-state index contributed by atoms with van der Waals surface area (Å²) in [6.45, 7) is 2.93. The Hall–Kier alpha value is -5.73. The van der Waals surface area contributed by atoms with E-state index in [1.54, 1.807) is 0 Å². The van der Waals surface area contributed by atoms with Crippen LogP contribution in [0.15, 0.2) is 55.0 Å². The number of hydrogen-bond acceptors (Lipinski definition) is 10. The quantitative estimate of drug-likeness (QED) is 0.139. The highest BCUT2D eigenvalue weighted by Crippen LogP contribution is 2.36. The lowest BCUT2D eigenvalue weighted by molar-refractivity contribution is -0.138. The highest BCUT2D eigenvalue weighted by Gasteiger charge is 2.38. The molecule has 15 nitrogen and oxygen atoms in total. The zero-order valence-electron chi connectivity index (χ0n) is 34.0. The standard InChI is InChI=1S/C44H55N9O6/c1-58-43(56)49-35-13-9-28(10-14-35)40(54)52-19-17-27(26-52)22-46-42-47-23-34(24-48-42)32-6-5-31-21-33(8-7-30(31)20-32)37-25-45-39(51-37)38-4-3-18-53(38)41(55)29-11-15-36(16-12-29)50-44(57)59-2/h5-8,20-21,23-25,27-29,35-36,38H,3-4,9-19,22,26H2,1-2H3,(H,45,51)(H,49,56)(H,50,57)(H,46,47,48)/t27-,28?,29?,35?,36?,38+/m1/s1. The lowest BCUT2D eigenvalue weighted by atomic mass is 9.85. The van der Waals surface area contributed by atoms with Crippen molar-refractivity contribution >= 4 is 40.7 Å². The lowest BCUT2D eigenvalue weighted by Gasteiger charge is -2.32. The van der Waals surface area contributed by atoms with Gasteiger partial charge in [0.25, 0.3) is 0 Å². The number of imidazole rings is 1. The van der Waals surface area contributed by atoms with Gasteiger partial charge in [0.2, 0.25) is 17.8 Å². The van der Waals surface area contributed by atoms with Gasteiger partial charge in [-0.3, -0.25) is 9.59 Å². The van der Waals surface area contributed by atoms with Crippen molar-refractivity contribution < 1.29 is 28.7 Å². The number of hydrogen-bond donors (Lipinski definition) is 4. The molecule has 4 N–H and O–H groups in total. The highest BCUT2D eigenvalue weighted by molar-refractivity contribution is 5.90. The average Bonchev–Trinajstić information content (AvgIpc) is 4.08. The van der Waals surface area contributed by atoms with Gasteiger partial charge in [0.1, 0.15) is 5.82 Å². The van der Waals surface area contributed by atoms with Crippen molar-refractivity contribution in [2.45, 2.75) is 88.8 Å². The number of alkyl carbamates (subject to hydrolysis) is 2. The Morgan fingerprint density at radius 2 is 1.31 bits per heavy atom. The number of nitrogens with one attached hydrogen (secondary N) is 4. The topological polar surface area (TPSA) is 184 Å². The first kappa shape index (κ1) is 40.1. The minimum absolute atomic E-state index is 0.0190. The Morgan fingerprint density at radius 3 is 1.95 bits per heavy atom. The summed E-state index contributed by atoms with van der Waals surface area (Å²) in [6, 6.07) is 12.8. The molecule has 4 heterocycles. The molecule has 0 unspecified atom stereocenters. The third kappa shape index (κ3) is 9.29. The van der Waals surface area contributed by atoms with E-state index >= 15 is 0 Å². The summed E-state index contributed by atoms with van der Waals surface area (Å²) < 4.78 is 9.45. The van der Waals surface area contributed by atoms with E-state index in [1.165, 1.54) is 14.2 Å². The van der Waals surface area contributed by atoms with Crippen molar-refractivity contribution in [2.75, 3.05) is 45.7 Å². The number of benzene rings is 2. The number of carbonyl (C=O) groups is 4. The van der Waals surface area contributed by atoms with Crippen molar-refractivity contribution in [3.05, 3.63) is 60.8 Å². The molecule has 2 aliphatic heterocycles. The number of ether oxygens (including phenoxy) is 2. The molecule has 2 aromatic heterocycles. The maximum absolute atomic E-state index is 13.7. The van der Waals surface area contributed by atoms with Crippen LogP contribution in [0.1, 0.15) is 82.5 Å². The molecule has 0 spiro atoms. The number of rotatable bonds is 10. The Balaban J connectivity index is 0.822. The normalized spacial score (nSPS) is 24.4. The van der Waals surface area contributed by atoms with Gasteiger partial charge in [-0.05, 0) is 105 Å². The average molecular weight is 806 g/mol. The molecule has 8 rings (SSSR count). The zero-order chi connectivity index (χ0) is 40.9. The summed E-state index contributed by atoms with van der Waals surface area (Å²) in [5.74, 6) is 2.13. The highest BCUT2D eigenvalue weighted by atomic mass is 16.5. The maximum Gasteiger partial charge on any atom is 0.407 e. The number of likely N-dealkylation sites (tertiary alicyclic amines) is 2. The number of fused-ring (bicyclic) bond motifs is 1. The van der Waals surface area contributed by atoms with Gasteiger partial charge in [0.05, 0.1) is 32.2 Å². The Kier molecular flexibility index (Phi) is 12.3. The first-order chi connectivity index (χ1) is 28.7. The van der Waals surface area contributed by atoms with Crippen LogP contribution < -0.4 is 16.0 Å². The zero-order valence-corrected chi connectivity index (χ0v) is 34.0. The van der Waals surface area contributed by atoms with Crippen molar-refractivity contribution in [1.29, 1.82) is 0 Å². The third-order valence-corrected chi connectivity index (χ3v) is 12.9. The molecule has 2 aliphatic carbocycles. The summed E-state index contributed by atoms with van der Waals surface area (Å²) in [4.78, 5) is 71.6. The van der Waals surface area contributed by atoms with Crippen LogP contribution in [0.5, 0.6) is 0 Å². The Bertz CT molecular complexity index is 2130. The molecule has 4 aromatic rings. The van der Waals surface area contributed by atoms with Crippen LogP contribution in [0.25, 0.3) is 33.2 Å². The van der Waals surface area contributed by atoms with Gasteiger partial charge >= 0.3 is 12.2 Å². The van der Waals surface area contributed by atoms with Crippen LogP contribution in [0.3, 0.4) is 0 Å². The molecule has 2 saturated heterocycles. The number of carbonyl (C=O) groups excluding carboxylic acids is 4. The molecule has 2 aromatic carbocycles. The maximum atomic E-state index is 13.7. The predicted molar refractivity (Wildman–Crippen MR) is 222 cm³/mol. The predicted octanol–water partition coefficient (Wildman–Crippen LogP) is 6.44.